The molecule has 0 saturated carbocycles. The van der Waals surface area contributed by atoms with E-state index in [1.165, 1.54) is 11.0 Å². The Bertz CT molecular complexity index is 1340. The number of phenolic OH excluding ortho intramolecular Hbond substituents is 1. The third-order valence-electron chi connectivity index (χ3n) is 8.95. The van der Waals surface area contributed by atoms with Crippen molar-refractivity contribution in [1.82, 2.24) is 9.80 Å². The zero-order valence-electron chi connectivity index (χ0n) is 21.7. The number of allylic oxidation sites excluding steroid dienone is 1. The molecule has 1 aliphatic heterocycles. The molecule has 2 unspecified atom stereocenters. The van der Waals surface area contributed by atoms with Crippen LogP contribution in [0.4, 0.5) is 0 Å². The predicted molar refractivity (Wildman–Crippen MR) is 138 cm³/mol. The van der Waals surface area contributed by atoms with Crippen LogP contribution in [0.3, 0.4) is 0 Å². The number of aliphatic hydroxyl groups excluding tert-OH is 2. The van der Waals surface area contributed by atoms with E-state index in [9.17, 15) is 34.8 Å². The van der Waals surface area contributed by atoms with Crippen LogP contribution in [0.25, 0.3) is 0 Å². The Hall–Kier alpha value is -2.92. The Kier molecular flexibility index (Phi) is 6.18. The number of primary amides is 1. The monoisotopic (exact) mass is 545 g/mol. The van der Waals surface area contributed by atoms with Crippen molar-refractivity contribution >= 4 is 29.1 Å². The SMILES string of the molecule is CC1CCN(C)C1c1cc(O)c2c(c1Cl)C[C@H]1C[C@H]3[C@H](N(C)C)C(O)=C(C(N)=O)C(=O)[C@@]3(O)C(O)=C1C2=O. The van der Waals surface area contributed by atoms with Crippen molar-refractivity contribution in [2.75, 3.05) is 27.7 Å². The molecule has 1 amide bonds. The van der Waals surface area contributed by atoms with E-state index >= 15 is 0 Å². The van der Waals surface area contributed by atoms with Gasteiger partial charge in [0.05, 0.1) is 11.6 Å². The molecule has 5 rings (SSSR count). The molecule has 4 aliphatic rings. The fourth-order valence-corrected chi connectivity index (χ4v) is 7.55. The minimum atomic E-state index is -2.66. The number of ketones is 2. The molecule has 0 radical (unpaired) electrons. The van der Waals surface area contributed by atoms with Crippen LogP contribution in [0.15, 0.2) is 28.7 Å². The number of aromatic hydroxyl groups is 1. The Labute approximate surface area is 225 Å². The van der Waals surface area contributed by atoms with Gasteiger partial charge in [-0.05, 0) is 76.0 Å². The molecule has 0 aromatic heterocycles. The van der Waals surface area contributed by atoms with Crippen molar-refractivity contribution in [3.8, 4) is 5.75 Å². The van der Waals surface area contributed by atoms with Crippen LogP contribution in [-0.2, 0) is 16.0 Å². The number of hydrogen-bond donors (Lipinski definition) is 5. The summed E-state index contributed by atoms with van der Waals surface area (Å²) in [6, 6.07) is 0.405. The van der Waals surface area contributed by atoms with Gasteiger partial charge in [0.2, 0.25) is 5.78 Å². The number of aliphatic hydroxyl groups is 3. The lowest BCUT2D eigenvalue weighted by Gasteiger charge is -2.50. The van der Waals surface area contributed by atoms with Crippen molar-refractivity contribution in [2.24, 2.45) is 23.5 Å². The molecule has 10 nitrogen and oxygen atoms in total. The van der Waals surface area contributed by atoms with E-state index in [2.05, 4.69) is 11.8 Å². The number of likely N-dealkylation sites (N-methyl/N-ethyl adjacent to an activating group) is 1. The van der Waals surface area contributed by atoms with Crippen molar-refractivity contribution in [1.29, 1.82) is 0 Å². The van der Waals surface area contributed by atoms with E-state index in [1.54, 1.807) is 14.1 Å². The van der Waals surface area contributed by atoms with Crippen LogP contribution in [-0.4, -0.2) is 87.0 Å². The molecule has 0 bridgehead atoms. The number of nitrogens with zero attached hydrogens (tertiary/aromatic N) is 2. The van der Waals surface area contributed by atoms with E-state index in [-0.39, 0.29) is 41.7 Å². The van der Waals surface area contributed by atoms with Gasteiger partial charge in [-0.2, -0.15) is 0 Å². The minimum absolute atomic E-state index is 0.0206. The van der Waals surface area contributed by atoms with Crippen molar-refractivity contribution in [3.05, 3.63) is 50.4 Å². The van der Waals surface area contributed by atoms with Crippen LogP contribution in [0.5, 0.6) is 5.75 Å². The van der Waals surface area contributed by atoms with Crippen molar-refractivity contribution in [3.63, 3.8) is 0 Å². The summed E-state index contributed by atoms with van der Waals surface area (Å²) < 4.78 is 0. The number of halogens is 1. The number of likely N-dealkylation sites (tertiary alicyclic amines) is 1. The van der Waals surface area contributed by atoms with Gasteiger partial charge < -0.3 is 26.2 Å². The van der Waals surface area contributed by atoms with Gasteiger partial charge in [0.1, 0.15) is 22.8 Å². The summed E-state index contributed by atoms with van der Waals surface area (Å²) in [5.41, 5.74) is 2.76. The number of amides is 1. The highest BCUT2D eigenvalue weighted by atomic mass is 35.5. The molecule has 0 spiro atoms. The highest BCUT2D eigenvalue weighted by molar-refractivity contribution is 6.33. The molecule has 1 fully saturated rings. The maximum atomic E-state index is 13.8. The van der Waals surface area contributed by atoms with Gasteiger partial charge in [-0.3, -0.25) is 24.2 Å². The Morgan fingerprint density at radius 3 is 2.45 bits per heavy atom. The second kappa shape index (κ2) is 8.81. The van der Waals surface area contributed by atoms with E-state index in [0.717, 1.165) is 18.5 Å². The van der Waals surface area contributed by atoms with Gasteiger partial charge in [0, 0.05) is 22.6 Å². The summed E-state index contributed by atoms with van der Waals surface area (Å²) >= 11 is 6.91. The van der Waals surface area contributed by atoms with Crippen LogP contribution < -0.4 is 5.73 Å². The van der Waals surface area contributed by atoms with E-state index in [1.807, 2.05) is 7.05 Å². The lowest BCUT2D eigenvalue weighted by molar-refractivity contribution is -0.148. The van der Waals surface area contributed by atoms with Gasteiger partial charge >= 0.3 is 0 Å². The first-order chi connectivity index (χ1) is 17.7. The van der Waals surface area contributed by atoms with E-state index in [0.29, 0.717) is 10.6 Å². The Balaban J connectivity index is 1.69. The molecule has 1 aromatic carbocycles. The smallest absolute Gasteiger partial charge is 0.255 e. The molecule has 1 aromatic rings. The molecule has 204 valence electrons. The van der Waals surface area contributed by atoms with Gasteiger partial charge in [0.25, 0.3) is 5.91 Å². The zero-order valence-corrected chi connectivity index (χ0v) is 22.4. The quantitative estimate of drug-likeness (QED) is 0.356. The molecule has 1 heterocycles. The first-order valence-corrected chi connectivity index (χ1v) is 13.0. The molecular weight excluding hydrogens is 514 g/mol. The van der Waals surface area contributed by atoms with Gasteiger partial charge in [-0.25, -0.2) is 0 Å². The minimum Gasteiger partial charge on any atom is -0.510 e. The number of fused-ring (bicyclic) bond motifs is 3. The average Bonchev–Trinajstić information content (AvgIpc) is 3.15. The molecular formula is C27H32ClN3O7. The number of hydrogen-bond acceptors (Lipinski definition) is 9. The van der Waals surface area contributed by atoms with Crippen LogP contribution in [0.1, 0.15) is 47.3 Å². The number of carbonyl (C=O) groups is 3. The van der Waals surface area contributed by atoms with Crippen molar-refractivity contribution < 1.29 is 34.8 Å². The molecule has 6 atom stereocenters. The topological polar surface area (TPSA) is 165 Å². The zero-order chi connectivity index (χ0) is 28.0. The third-order valence-corrected chi connectivity index (χ3v) is 9.40. The summed E-state index contributed by atoms with van der Waals surface area (Å²) in [6.07, 6.45) is 1.15. The van der Waals surface area contributed by atoms with Crippen molar-refractivity contribution in [2.45, 2.75) is 43.9 Å². The number of rotatable bonds is 3. The lowest BCUT2D eigenvalue weighted by atomic mass is 9.58. The fraction of sp³-hybridized carbons (Fsp3) is 0.519. The van der Waals surface area contributed by atoms with Crippen LogP contribution >= 0.6 is 11.6 Å². The number of carbonyl (C=O) groups excluding carboxylic acids is 3. The maximum Gasteiger partial charge on any atom is 0.255 e. The van der Waals surface area contributed by atoms with Crippen LogP contribution in [0.2, 0.25) is 5.02 Å². The van der Waals surface area contributed by atoms with E-state index in [4.69, 9.17) is 17.3 Å². The number of benzene rings is 1. The lowest BCUT2D eigenvalue weighted by Crippen LogP contribution is -2.63. The molecule has 3 aliphatic carbocycles. The van der Waals surface area contributed by atoms with E-state index < -0.39 is 58.0 Å². The van der Waals surface area contributed by atoms with Crippen LogP contribution in [0, 0.1) is 17.8 Å². The van der Waals surface area contributed by atoms with Gasteiger partial charge in [-0.15, -0.1) is 0 Å². The first kappa shape index (κ1) is 26.7. The summed E-state index contributed by atoms with van der Waals surface area (Å²) in [4.78, 5) is 42.9. The fourth-order valence-electron chi connectivity index (χ4n) is 7.21. The highest BCUT2D eigenvalue weighted by Gasteiger charge is 2.63. The van der Waals surface area contributed by atoms with Gasteiger partial charge in [0.15, 0.2) is 11.4 Å². The second-order valence-electron chi connectivity index (χ2n) is 11.3. The average molecular weight is 546 g/mol. The number of Topliss-reactive ketones (excluding diaryl/α,β-unsaturated/α-hetero) is 2. The number of phenols is 1. The highest BCUT2D eigenvalue weighted by Crippen LogP contribution is 2.54. The second-order valence-corrected chi connectivity index (χ2v) is 11.7. The molecule has 38 heavy (non-hydrogen) atoms. The molecule has 1 saturated heterocycles. The summed E-state index contributed by atoms with van der Waals surface area (Å²) in [6.45, 7) is 2.97. The summed E-state index contributed by atoms with van der Waals surface area (Å²) in [5, 5.41) is 45.3. The predicted octanol–water partition coefficient (Wildman–Crippen LogP) is 1.79. The molecule has 6 N–H and O–H groups in total. The molecule has 11 heteroatoms. The summed E-state index contributed by atoms with van der Waals surface area (Å²) in [5.74, 6) is -6.50. The maximum absolute atomic E-state index is 13.8. The normalized spacial score (nSPS) is 33.5. The summed E-state index contributed by atoms with van der Waals surface area (Å²) in [7, 11) is 5.16. The Morgan fingerprint density at radius 2 is 1.89 bits per heavy atom. The third kappa shape index (κ3) is 3.40. The van der Waals surface area contributed by atoms with Gasteiger partial charge in [-0.1, -0.05) is 18.5 Å². The standard InChI is InChI=1S/C27H32ClN3O7/c1-10-5-6-31(4)20(10)13-9-15(32)17-12(19(13)28)7-11-8-14-21(30(2)3)23(34)18(26(29)37)25(36)27(14,38)24(35)16(11)22(17)33/h9-11,14,20-21,32,34-35,38H,5-8H2,1-4H3,(H2,29,37)/t10?,11-,14-,20?,21-,27-/m0/s1. The number of nitrogens with two attached hydrogens (primary N) is 1. The Morgan fingerprint density at radius 1 is 1.24 bits per heavy atom. The largest absolute Gasteiger partial charge is 0.510 e. The first-order valence-electron chi connectivity index (χ1n) is 12.6.